The highest BCUT2D eigenvalue weighted by molar-refractivity contribution is 6.30. The van der Waals surface area contributed by atoms with Gasteiger partial charge in [0.25, 0.3) is 0 Å². The van der Waals surface area contributed by atoms with Crippen molar-refractivity contribution < 1.29 is 9.53 Å². The van der Waals surface area contributed by atoms with Crippen molar-refractivity contribution in [3.63, 3.8) is 0 Å². The average Bonchev–Trinajstić information content (AvgIpc) is 2.81. The monoisotopic (exact) mass is 452 g/mol. The molecule has 0 aliphatic carbocycles. The Balaban J connectivity index is 1.52. The maximum atomic E-state index is 12.7. The molecule has 1 aliphatic heterocycles. The number of nitrogens with one attached hydrogen (secondary N) is 2. The van der Waals surface area contributed by atoms with Crippen LogP contribution in [0.15, 0.2) is 54.9 Å². The van der Waals surface area contributed by atoms with E-state index in [9.17, 15) is 4.79 Å². The lowest BCUT2D eigenvalue weighted by Crippen LogP contribution is -2.51. The summed E-state index contributed by atoms with van der Waals surface area (Å²) >= 11 is 5.93. The van der Waals surface area contributed by atoms with E-state index >= 15 is 0 Å². The quantitative estimate of drug-likeness (QED) is 0.607. The second-order valence-electron chi connectivity index (χ2n) is 7.64. The first-order chi connectivity index (χ1) is 15.5. The summed E-state index contributed by atoms with van der Waals surface area (Å²) in [5.41, 5.74) is 1.57. The van der Waals surface area contributed by atoms with E-state index in [1.54, 1.807) is 43.8 Å². The molecule has 2 atom stereocenters. The summed E-state index contributed by atoms with van der Waals surface area (Å²) in [4.78, 5) is 28.3. The Bertz CT molecular complexity index is 1060. The van der Waals surface area contributed by atoms with Gasteiger partial charge in [-0.25, -0.2) is 14.8 Å². The number of piperidine rings is 1. The van der Waals surface area contributed by atoms with Crippen molar-refractivity contribution in [3.05, 3.63) is 71.4 Å². The van der Waals surface area contributed by atoms with Gasteiger partial charge in [0.1, 0.15) is 17.4 Å². The van der Waals surface area contributed by atoms with Crippen LogP contribution in [0.3, 0.4) is 0 Å². The molecular formula is C23H25ClN6O2. The van der Waals surface area contributed by atoms with Crippen LogP contribution in [0.5, 0.6) is 5.75 Å². The topological polar surface area (TPSA) is 92.3 Å². The zero-order valence-electron chi connectivity index (χ0n) is 18.0. The Morgan fingerprint density at radius 3 is 2.66 bits per heavy atom. The second-order valence-corrected chi connectivity index (χ2v) is 8.07. The number of hydrogen-bond acceptors (Lipinski definition) is 6. The number of hydrogen-bond donors (Lipinski definition) is 2. The van der Waals surface area contributed by atoms with Gasteiger partial charge in [-0.05, 0) is 55.8 Å². The molecule has 8 nitrogen and oxygen atoms in total. The molecule has 3 heterocycles. The lowest BCUT2D eigenvalue weighted by molar-refractivity contribution is 0.243. The fraction of sp³-hybridized carbons (Fsp3) is 0.304. The molecule has 2 amide bonds. The Morgan fingerprint density at radius 2 is 1.97 bits per heavy atom. The van der Waals surface area contributed by atoms with E-state index < -0.39 is 0 Å². The van der Waals surface area contributed by atoms with Crippen molar-refractivity contribution in [3.8, 4) is 5.75 Å². The maximum Gasteiger partial charge on any atom is 0.319 e. The highest BCUT2D eigenvalue weighted by atomic mass is 35.5. The number of methoxy groups -OCH3 is 1. The highest BCUT2D eigenvalue weighted by Gasteiger charge is 2.33. The van der Waals surface area contributed by atoms with Crippen molar-refractivity contribution in [2.24, 2.45) is 0 Å². The lowest BCUT2D eigenvalue weighted by atomic mass is 9.88. The van der Waals surface area contributed by atoms with Crippen LogP contribution in [-0.2, 0) is 0 Å². The molecule has 0 radical (unpaired) electrons. The number of nitrogens with zero attached hydrogens (tertiary/aromatic N) is 4. The summed E-state index contributed by atoms with van der Waals surface area (Å²) in [6.07, 6.45) is 4.21. The third-order valence-electron chi connectivity index (χ3n) is 5.49. The molecular weight excluding hydrogens is 428 g/mol. The summed E-state index contributed by atoms with van der Waals surface area (Å²) in [5.74, 6) is 2.27. The van der Waals surface area contributed by atoms with E-state index in [2.05, 4.69) is 30.5 Å². The number of rotatable bonds is 5. The molecule has 0 saturated carbocycles. The molecule has 2 N–H and O–H groups in total. The van der Waals surface area contributed by atoms with E-state index in [0.717, 1.165) is 30.3 Å². The molecule has 1 aromatic carbocycles. The summed E-state index contributed by atoms with van der Waals surface area (Å²) in [6.45, 7) is 3.30. The first-order valence-corrected chi connectivity index (χ1v) is 10.8. The number of benzene rings is 1. The fourth-order valence-corrected chi connectivity index (χ4v) is 3.98. The second kappa shape index (κ2) is 9.82. The molecule has 0 spiro atoms. The molecule has 4 rings (SSSR count). The first-order valence-electron chi connectivity index (χ1n) is 10.4. The molecule has 2 unspecified atom stereocenters. The number of halogens is 1. The molecule has 32 heavy (non-hydrogen) atoms. The minimum Gasteiger partial charge on any atom is -0.495 e. The predicted molar refractivity (Wildman–Crippen MR) is 125 cm³/mol. The molecule has 166 valence electrons. The lowest BCUT2D eigenvalue weighted by Gasteiger charge is -2.39. The van der Waals surface area contributed by atoms with Gasteiger partial charge in [-0.1, -0.05) is 11.6 Å². The van der Waals surface area contributed by atoms with Gasteiger partial charge in [-0.2, -0.15) is 0 Å². The van der Waals surface area contributed by atoms with Crippen molar-refractivity contribution in [1.29, 1.82) is 0 Å². The van der Waals surface area contributed by atoms with Crippen LogP contribution < -0.4 is 20.3 Å². The zero-order valence-corrected chi connectivity index (χ0v) is 18.7. The van der Waals surface area contributed by atoms with Crippen molar-refractivity contribution in [2.75, 3.05) is 30.4 Å². The van der Waals surface area contributed by atoms with Crippen LogP contribution in [0.2, 0.25) is 5.02 Å². The van der Waals surface area contributed by atoms with Crippen LogP contribution in [-0.4, -0.2) is 47.2 Å². The Kier molecular flexibility index (Phi) is 6.70. The molecule has 9 heteroatoms. The fourth-order valence-electron chi connectivity index (χ4n) is 3.85. The minimum absolute atomic E-state index is 0.0269. The Hall–Kier alpha value is -3.39. The Labute approximate surface area is 192 Å². The van der Waals surface area contributed by atoms with Crippen molar-refractivity contribution in [1.82, 2.24) is 20.3 Å². The van der Waals surface area contributed by atoms with E-state index in [0.29, 0.717) is 23.0 Å². The molecule has 1 fully saturated rings. The summed E-state index contributed by atoms with van der Waals surface area (Å²) < 4.78 is 5.25. The van der Waals surface area contributed by atoms with Gasteiger partial charge in [0.2, 0.25) is 0 Å². The molecule has 0 bridgehead atoms. The van der Waals surface area contributed by atoms with E-state index in [-0.39, 0.29) is 18.0 Å². The number of aromatic nitrogens is 3. The average molecular weight is 453 g/mol. The number of amides is 2. The van der Waals surface area contributed by atoms with Gasteiger partial charge in [-0.15, -0.1) is 0 Å². The Morgan fingerprint density at radius 1 is 1.16 bits per heavy atom. The number of ether oxygens (including phenoxy) is 1. The van der Waals surface area contributed by atoms with Gasteiger partial charge in [0.15, 0.2) is 0 Å². The third-order valence-corrected chi connectivity index (χ3v) is 5.74. The van der Waals surface area contributed by atoms with Crippen molar-refractivity contribution in [2.45, 2.75) is 25.3 Å². The van der Waals surface area contributed by atoms with Gasteiger partial charge >= 0.3 is 6.03 Å². The highest BCUT2D eigenvalue weighted by Crippen LogP contribution is 2.29. The van der Waals surface area contributed by atoms with Gasteiger partial charge in [-0.3, -0.25) is 4.98 Å². The SMILES string of the molecule is COc1ccc(C2CN(c3ccnc(C)n3)CCC2NC(=O)Nc2ccc(Cl)cc2)nc1. The standard InChI is InChI=1S/C23H25ClN6O2/c1-15-25-11-9-22(27-15)30-12-10-21(19(14-30)20-8-7-18(32-2)13-26-20)29-23(31)28-17-5-3-16(24)4-6-17/h3-9,11,13,19,21H,10,12,14H2,1-2H3,(H2,28,29,31). The van der Waals surface area contributed by atoms with E-state index in [4.69, 9.17) is 16.3 Å². The molecule has 3 aromatic rings. The predicted octanol–water partition coefficient (Wildman–Crippen LogP) is 4.03. The molecule has 2 aromatic heterocycles. The third kappa shape index (κ3) is 5.26. The van der Waals surface area contributed by atoms with Crippen LogP contribution >= 0.6 is 11.6 Å². The molecule has 1 saturated heterocycles. The summed E-state index contributed by atoms with van der Waals surface area (Å²) in [5, 5.41) is 6.62. The van der Waals surface area contributed by atoms with E-state index in [1.807, 2.05) is 25.1 Å². The number of carbonyl (C=O) groups is 1. The van der Waals surface area contributed by atoms with Crippen LogP contribution in [0, 0.1) is 6.92 Å². The number of pyridine rings is 1. The number of urea groups is 1. The summed E-state index contributed by atoms with van der Waals surface area (Å²) in [7, 11) is 1.61. The van der Waals surface area contributed by atoms with Crippen LogP contribution in [0.1, 0.15) is 23.9 Å². The normalized spacial score (nSPS) is 18.2. The summed E-state index contributed by atoms with van der Waals surface area (Å²) in [6, 6.07) is 12.4. The number of anilines is 2. The van der Waals surface area contributed by atoms with Gasteiger partial charge in [0.05, 0.1) is 13.3 Å². The van der Waals surface area contributed by atoms with Gasteiger partial charge < -0.3 is 20.3 Å². The maximum absolute atomic E-state index is 12.7. The van der Waals surface area contributed by atoms with Gasteiger partial charge in [0, 0.05) is 47.7 Å². The number of aryl methyl sites for hydroxylation is 1. The largest absolute Gasteiger partial charge is 0.495 e. The zero-order chi connectivity index (χ0) is 22.5. The van der Waals surface area contributed by atoms with Crippen molar-refractivity contribution >= 4 is 29.1 Å². The molecule has 1 aliphatic rings. The van der Waals surface area contributed by atoms with Crippen LogP contribution in [0.25, 0.3) is 0 Å². The number of carbonyl (C=O) groups excluding carboxylic acids is 1. The smallest absolute Gasteiger partial charge is 0.319 e. The minimum atomic E-state index is -0.262. The van der Waals surface area contributed by atoms with E-state index in [1.165, 1.54) is 0 Å². The first kappa shape index (κ1) is 21.8. The van der Waals surface area contributed by atoms with Crippen LogP contribution in [0.4, 0.5) is 16.3 Å².